The fraction of sp³-hybridized carbons (Fsp3) is 0.0667. The van der Waals surface area contributed by atoms with Crippen LogP contribution in [0.5, 0.6) is 0 Å². The molecule has 0 fully saturated rings. The minimum Gasteiger partial charge on any atom is -0.271 e. The van der Waals surface area contributed by atoms with Crippen molar-refractivity contribution in [3.05, 3.63) is 71.8 Å². The quantitative estimate of drug-likeness (QED) is 0.565. The Labute approximate surface area is 115 Å². The number of aromatic nitrogens is 2. The molecule has 0 amide bonds. The molecule has 2 aromatic carbocycles. The van der Waals surface area contributed by atoms with E-state index in [9.17, 15) is 4.39 Å². The van der Waals surface area contributed by atoms with Crippen molar-refractivity contribution in [2.45, 2.75) is 6.04 Å². The third-order valence-corrected chi connectivity index (χ3v) is 3.21. The molecular formula is C15H13FN4. The zero-order chi connectivity index (χ0) is 13.9. The van der Waals surface area contributed by atoms with E-state index in [1.54, 1.807) is 24.5 Å². The normalized spacial score (nSPS) is 12.5. The van der Waals surface area contributed by atoms with Gasteiger partial charge in [-0.05, 0) is 23.8 Å². The van der Waals surface area contributed by atoms with Crippen molar-refractivity contribution in [1.82, 2.24) is 15.4 Å². The van der Waals surface area contributed by atoms with Crippen LogP contribution < -0.4 is 11.3 Å². The van der Waals surface area contributed by atoms with Crippen molar-refractivity contribution >= 4 is 11.0 Å². The predicted molar refractivity (Wildman–Crippen MR) is 75.1 cm³/mol. The van der Waals surface area contributed by atoms with Crippen LogP contribution in [0.25, 0.3) is 11.0 Å². The van der Waals surface area contributed by atoms with Gasteiger partial charge in [0.2, 0.25) is 0 Å². The van der Waals surface area contributed by atoms with Gasteiger partial charge in [-0.2, -0.15) is 0 Å². The van der Waals surface area contributed by atoms with Crippen LogP contribution in [0.15, 0.2) is 54.9 Å². The van der Waals surface area contributed by atoms with Gasteiger partial charge in [-0.3, -0.25) is 15.8 Å². The number of fused-ring (bicyclic) bond motifs is 1. The van der Waals surface area contributed by atoms with Gasteiger partial charge in [-0.25, -0.2) is 9.82 Å². The number of halogens is 1. The molecule has 3 aromatic rings. The fourth-order valence-corrected chi connectivity index (χ4v) is 2.27. The highest BCUT2D eigenvalue weighted by Gasteiger charge is 2.16. The molecule has 0 aliphatic carbocycles. The number of nitrogens with two attached hydrogens (primary N) is 1. The molecule has 0 spiro atoms. The summed E-state index contributed by atoms with van der Waals surface area (Å²) in [5.41, 5.74) is 6.11. The summed E-state index contributed by atoms with van der Waals surface area (Å²) in [6.07, 6.45) is 3.29. The third-order valence-electron chi connectivity index (χ3n) is 3.21. The minimum absolute atomic E-state index is 0.268. The van der Waals surface area contributed by atoms with Gasteiger partial charge in [-0.1, -0.05) is 24.3 Å². The lowest BCUT2D eigenvalue weighted by Crippen LogP contribution is -2.29. The van der Waals surface area contributed by atoms with E-state index in [4.69, 9.17) is 5.84 Å². The van der Waals surface area contributed by atoms with Crippen LogP contribution in [0.1, 0.15) is 17.2 Å². The number of para-hydroxylation sites is 1. The number of hydrogen-bond acceptors (Lipinski definition) is 4. The molecule has 0 saturated carbocycles. The van der Waals surface area contributed by atoms with Crippen LogP contribution in [0.3, 0.4) is 0 Å². The standard InChI is InChI=1S/C15H13FN4/c16-11-6-4-10(5-7-11)14(20-17)12-2-1-3-13-15(12)19-9-8-18-13/h1-9,14,20H,17H2. The van der Waals surface area contributed by atoms with Gasteiger partial charge in [0.15, 0.2) is 0 Å². The van der Waals surface area contributed by atoms with Crippen molar-refractivity contribution in [2.75, 3.05) is 0 Å². The molecule has 0 bridgehead atoms. The maximum absolute atomic E-state index is 13.0. The van der Waals surface area contributed by atoms with Gasteiger partial charge >= 0.3 is 0 Å². The number of benzene rings is 2. The number of nitrogens with zero attached hydrogens (tertiary/aromatic N) is 2. The summed E-state index contributed by atoms with van der Waals surface area (Å²) in [5, 5.41) is 0. The lowest BCUT2D eigenvalue weighted by Gasteiger charge is -2.18. The smallest absolute Gasteiger partial charge is 0.123 e. The molecule has 3 N–H and O–H groups in total. The summed E-state index contributed by atoms with van der Waals surface area (Å²) in [6.45, 7) is 0. The first-order valence-corrected chi connectivity index (χ1v) is 6.21. The fourth-order valence-electron chi connectivity index (χ4n) is 2.27. The van der Waals surface area contributed by atoms with Gasteiger partial charge in [0, 0.05) is 18.0 Å². The van der Waals surface area contributed by atoms with E-state index in [0.717, 1.165) is 22.2 Å². The average Bonchev–Trinajstić information content (AvgIpc) is 2.50. The molecule has 0 aliphatic heterocycles. The molecule has 0 aliphatic rings. The molecule has 1 heterocycles. The Kier molecular flexibility index (Phi) is 3.37. The van der Waals surface area contributed by atoms with Crippen LogP contribution >= 0.6 is 0 Å². The van der Waals surface area contributed by atoms with E-state index in [-0.39, 0.29) is 11.9 Å². The highest BCUT2D eigenvalue weighted by molar-refractivity contribution is 5.78. The molecular weight excluding hydrogens is 255 g/mol. The van der Waals surface area contributed by atoms with Gasteiger partial charge in [0.05, 0.1) is 17.1 Å². The Bertz CT molecular complexity index is 722. The van der Waals surface area contributed by atoms with Crippen molar-refractivity contribution in [2.24, 2.45) is 5.84 Å². The van der Waals surface area contributed by atoms with Crippen LogP contribution in [-0.4, -0.2) is 9.97 Å². The van der Waals surface area contributed by atoms with E-state index >= 15 is 0 Å². The second kappa shape index (κ2) is 5.32. The van der Waals surface area contributed by atoms with Crippen LogP contribution in [0.4, 0.5) is 4.39 Å². The molecule has 0 saturated heterocycles. The number of hydrazine groups is 1. The van der Waals surface area contributed by atoms with E-state index < -0.39 is 0 Å². The van der Waals surface area contributed by atoms with Gasteiger partial charge in [0.25, 0.3) is 0 Å². The largest absolute Gasteiger partial charge is 0.271 e. The van der Waals surface area contributed by atoms with Crippen molar-refractivity contribution in [3.63, 3.8) is 0 Å². The van der Waals surface area contributed by atoms with E-state index in [1.165, 1.54) is 12.1 Å². The highest BCUT2D eigenvalue weighted by Crippen LogP contribution is 2.26. The zero-order valence-corrected chi connectivity index (χ0v) is 10.6. The first kappa shape index (κ1) is 12.7. The average molecular weight is 268 g/mol. The van der Waals surface area contributed by atoms with Gasteiger partial charge in [-0.15, -0.1) is 0 Å². The van der Waals surface area contributed by atoms with Crippen molar-refractivity contribution < 1.29 is 4.39 Å². The van der Waals surface area contributed by atoms with Crippen LogP contribution in [0, 0.1) is 5.82 Å². The third kappa shape index (κ3) is 2.24. The summed E-state index contributed by atoms with van der Waals surface area (Å²) in [6, 6.07) is 11.7. The summed E-state index contributed by atoms with van der Waals surface area (Å²) in [4.78, 5) is 8.64. The van der Waals surface area contributed by atoms with E-state index in [0.29, 0.717) is 0 Å². The van der Waals surface area contributed by atoms with Crippen LogP contribution in [0.2, 0.25) is 0 Å². The Morgan fingerprint density at radius 3 is 2.50 bits per heavy atom. The second-order valence-electron chi connectivity index (χ2n) is 4.42. The molecule has 20 heavy (non-hydrogen) atoms. The van der Waals surface area contributed by atoms with Gasteiger partial charge < -0.3 is 0 Å². The Balaban J connectivity index is 2.14. The first-order valence-electron chi connectivity index (χ1n) is 6.21. The lowest BCUT2D eigenvalue weighted by molar-refractivity contribution is 0.616. The van der Waals surface area contributed by atoms with Gasteiger partial charge in [0.1, 0.15) is 5.82 Å². The monoisotopic (exact) mass is 268 g/mol. The Hall–Kier alpha value is -2.37. The van der Waals surface area contributed by atoms with E-state index in [1.807, 2.05) is 18.2 Å². The SMILES string of the molecule is NNC(c1ccc(F)cc1)c1cccc2nccnc12. The van der Waals surface area contributed by atoms with E-state index in [2.05, 4.69) is 15.4 Å². The predicted octanol–water partition coefficient (Wildman–Crippen LogP) is 2.32. The highest BCUT2D eigenvalue weighted by atomic mass is 19.1. The van der Waals surface area contributed by atoms with Crippen molar-refractivity contribution in [1.29, 1.82) is 0 Å². The Morgan fingerprint density at radius 2 is 1.75 bits per heavy atom. The molecule has 1 atom stereocenters. The summed E-state index contributed by atoms with van der Waals surface area (Å²) in [7, 11) is 0. The lowest BCUT2D eigenvalue weighted by atomic mass is 9.98. The molecule has 100 valence electrons. The van der Waals surface area contributed by atoms with Crippen molar-refractivity contribution in [3.8, 4) is 0 Å². The summed E-state index contributed by atoms with van der Waals surface area (Å²) >= 11 is 0. The maximum atomic E-state index is 13.0. The molecule has 1 unspecified atom stereocenters. The zero-order valence-electron chi connectivity index (χ0n) is 10.6. The maximum Gasteiger partial charge on any atom is 0.123 e. The second-order valence-corrected chi connectivity index (χ2v) is 4.42. The topological polar surface area (TPSA) is 63.8 Å². The molecule has 1 aromatic heterocycles. The number of nitrogens with one attached hydrogen (secondary N) is 1. The molecule has 3 rings (SSSR count). The Morgan fingerprint density at radius 1 is 1.00 bits per heavy atom. The number of hydrogen-bond donors (Lipinski definition) is 2. The minimum atomic E-state index is -0.276. The summed E-state index contributed by atoms with van der Waals surface area (Å²) < 4.78 is 13.0. The summed E-state index contributed by atoms with van der Waals surface area (Å²) in [5.74, 6) is 5.40. The number of rotatable bonds is 3. The molecule has 5 heteroatoms. The first-order chi connectivity index (χ1) is 9.79. The van der Waals surface area contributed by atoms with Crippen LogP contribution in [-0.2, 0) is 0 Å². The molecule has 4 nitrogen and oxygen atoms in total. The molecule has 0 radical (unpaired) electrons.